The van der Waals surface area contributed by atoms with Gasteiger partial charge in [0.05, 0.1) is 0 Å². The fraction of sp³-hybridized carbons (Fsp3) is 0.476. The van der Waals surface area contributed by atoms with Crippen LogP contribution in [0.15, 0.2) is 36.4 Å². The Hall–Kier alpha value is -2.43. The van der Waals surface area contributed by atoms with Crippen LogP contribution < -0.4 is 10.2 Å². The predicted molar refractivity (Wildman–Crippen MR) is 105 cm³/mol. The highest BCUT2D eigenvalue weighted by Gasteiger charge is 2.23. The quantitative estimate of drug-likeness (QED) is 0.864. The molecule has 2 heterocycles. The Bertz CT molecular complexity index is 732. The van der Waals surface area contributed by atoms with E-state index in [0.717, 1.165) is 25.2 Å². The summed E-state index contributed by atoms with van der Waals surface area (Å²) in [6.07, 6.45) is 5.55. The highest BCUT2D eigenvalue weighted by atomic mass is 16.1. The van der Waals surface area contributed by atoms with Gasteiger partial charge in [-0.2, -0.15) is 0 Å². The predicted octanol–water partition coefficient (Wildman–Crippen LogP) is 3.53. The van der Waals surface area contributed by atoms with Gasteiger partial charge in [-0.05, 0) is 44.6 Å². The van der Waals surface area contributed by atoms with Crippen LogP contribution in [0, 0.1) is 6.92 Å². The molecular formula is C21H28N4O. The van der Waals surface area contributed by atoms with Gasteiger partial charge < -0.3 is 10.2 Å². The molecule has 1 aromatic heterocycles. The third kappa shape index (κ3) is 4.59. The van der Waals surface area contributed by atoms with Gasteiger partial charge in [0.1, 0.15) is 17.3 Å². The summed E-state index contributed by atoms with van der Waals surface area (Å²) in [5.74, 6) is 1.41. The van der Waals surface area contributed by atoms with E-state index in [1.165, 1.54) is 24.8 Å². The summed E-state index contributed by atoms with van der Waals surface area (Å²) in [7, 11) is 0. The molecule has 1 amide bonds. The van der Waals surface area contributed by atoms with Crippen molar-refractivity contribution < 1.29 is 4.79 Å². The number of piperidine rings is 1. The average Bonchev–Trinajstić information content (AvgIpc) is 2.68. The third-order valence-electron chi connectivity index (χ3n) is 4.99. The van der Waals surface area contributed by atoms with Gasteiger partial charge >= 0.3 is 0 Å². The van der Waals surface area contributed by atoms with Crippen molar-refractivity contribution in [3.8, 4) is 0 Å². The summed E-state index contributed by atoms with van der Waals surface area (Å²) >= 11 is 0. The largest absolute Gasteiger partial charge is 0.354 e. The van der Waals surface area contributed by atoms with Crippen LogP contribution >= 0.6 is 0 Å². The Labute approximate surface area is 155 Å². The van der Waals surface area contributed by atoms with Gasteiger partial charge in [0.2, 0.25) is 0 Å². The summed E-state index contributed by atoms with van der Waals surface area (Å²) < 4.78 is 0. The molecule has 26 heavy (non-hydrogen) atoms. The number of anilines is 1. The number of aromatic nitrogens is 2. The molecule has 1 atom stereocenters. The normalized spacial score (nSPS) is 17.2. The number of hydrogen-bond donors (Lipinski definition) is 1. The fourth-order valence-electron chi connectivity index (χ4n) is 3.60. The summed E-state index contributed by atoms with van der Waals surface area (Å²) in [5.41, 5.74) is 1.67. The van der Waals surface area contributed by atoms with Crippen LogP contribution in [0.25, 0.3) is 0 Å². The molecule has 5 heteroatoms. The van der Waals surface area contributed by atoms with Crippen molar-refractivity contribution in [1.29, 1.82) is 0 Å². The second-order valence-corrected chi connectivity index (χ2v) is 6.90. The zero-order chi connectivity index (χ0) is 18.4. The minimum atomic E-state index is -0.127. The molecule has 1 aromatic carbocycles. The number of benzene rings is 1. The number of aryl methyl sites for hydroxylation is 1. The lowest BCUT2D eigenvalue weighted by Crippen LogP contribution is -2.40. The first-order valence-corrected chi connectivity index (χ1v) is 9.62. The number of amides is 1. The van der Waals surface area contributed by atoms with E-state index in [9.17, 15) is 4.79 Å². The lowest BCUT2D eigenvalue weighted by molar-refractivity contribution is 0.0948. The molecule has 5 nitrogen and oxygen atoms in total. The van der Waals surface area contributed by atoms with Crippen molar-refractivity contribution in [2.45, 2.75) is 52.0 Å². The summed E-state index contributed by atoms with van der Waals surface area (Å²) in [6.45, 7) is 5.68. The fourth-order valence-corrected chi connectivity index (χ4v) is 3.60. The van der Waals surface area contributed by atoms with Gasteiger partial charge in [0.25, 0.3) is 5.91 Å². The number of carbonyl (C=O) groups excluding carboxylic acids is 1. The maximum Gasteiger partial charge on any atom is 0.270 e. The zero-order valence-corrected chi connectivity index (χ0v) is 15.7. The van der Waals surface area contributed by atoms with Crippen molar-refractivity contribution in [3.05, 3.63) is 53.5 Å². The number of carbonyl (C=O) groups is 1. The number of hydrogen-bond acceptors (Lipinski definition) is 4. The van der Waals surface area contributed by atoms with Crippen molar-refractivity contribution in [1.82, 2.24) is 15.3 Å². The van der Waals surface area contributed by atoms with Crippen LogP contribution in [-0.4, -0.2) is 35.0 Å². The van der Waals surface area contributed by atoms with Gasteiger partial charge in [-0.25, -0.2) is 9.97 Å². The number of nitrogens with one attached hydrogen (secondary N) is 1. The maximum absolute atomic E-state index is 12.6. The van der Waals surface area contributed by atoms with Gasteiger partial charge in [-0.3, -0.25) is 4.79 Å². The van der Waals surface area contributed by atoms with Crippen molar-refractivity contribution in [3.63, 3.8) is 0 Å². The summed E-state index contributed by atoms with van der Waals surface area (Å²) in [4.78, 5) is 23.9. The molecule has 1 N–H and O–H groups in total. The maximum atomic E-state index is 12.6. The lowest BCUT2D eigenvalue weighted by Gasteiger charge is -2.36. The molecule has 1 unspecified atom stereocenters. The molecule has 0 spiro atoms. The smallest absolute Gasteiger partial charge is 0.270 e. The van der Waals surface area contributed by atoms with E-state index >= 15 is 0 Å². The standard InChI is InChI=1S/C21H28N4O/c1-3-18-11-7-8-14-25(18)20-15-19(23-16(2)24-20)21(26)22-13-12-17-9-5-4-6-10-17/h4-6,9-10,15,18H,3,7-8,11-14H2,1-2H3,(H,22,26). The van der Waals surface area contributed by atoms with Crippen LogP contribution in [0.1, 0.15) is 54.5 Å². The highest BCUT2D eigenvalue weighted by Crippen LogP contribution is 2.25. The van der Waals surface area contributed by atoms with Crippen molar-refractivity contribution in [2.75, 3.05) is 18.0 Å². The molecule has 0 aliphatic carbocycles. The minimum Gasteiger partial charge on any atom is -0.354 e. The van der Waals surface area contributed by atoms with Crippen molar-refractivity contribution >= 4 is 11.7 Å². The molecule has 1 aliphatic rings. The summed E-state index contributed by atoms with van der Waals surface area (Å²) in [5, 5.41) is 2.98. The molecule has 1 saturated heterocycles. The van der Waals surface area contributed by atoms with E-state index in [4.69, 9.17) is 0 Å². The van der Waals surface area contributed by atoms with Gasteiger partial charge in [0, 0.05) is 25.2 Å². The van der Waals surface area contributed by atoms with E-state index in [0.29, 0.717) is 24.1 Å². The molecule has 1 fully saturated rings. The minimum absolute atomic E-state index is 0.127. The van der Waals surface area contributed by atoms with Gasteiger partial charge in [-0.15, -0.1) is 0 Å². The second-order valence-electron chi connectivity index (χ2n) is 6.90. The van der Waals surface area contributed by atoms with E-state index in [-0.39, 0.29) is 5.91 Å². The van der Waals surface area contributed by atoms with Gasteiger partial charge in [0.15, 0.2) is 0 Å². The molecule has 3 rings (SSSR count). The van der Waals surface area contributed by atoms with E-state index in [2.05, 4.69) is 39.2 Å². The Morgan fingerprint density at radius 2 is 2.04 bits per heavy atom. The molecule has 1 aliphatic heterocycles. The molecule has 0 saturated carbocycles. The Balaban J connectivity index is 1.67. The molecule has 2 aromatic rings. The first-order valence-electron chi connectivity index (χ1n) is 9.62. The Kier molecular flexibility index (Phi) is 6.21. The second kappa shape index (κ2) is 8.79. The Morgan fingerprint density at radius 3 is 2.81 bits per heavy atom. The van der Waals surface area contributed by atoms with Crippen LogP contribution in [0.4, 0.5) is 5.82 Å². The molecule has 138 valence electrons. The molecule has 0 bridgehead atoms. The third-order valence-corrected chi connectivity index (χ3v) is 4.99. The Morgan fingerprint density at radius 1 is 1.23 bits per heavy atom. The zero-order valence-electron chi connectivity index (χ0n) is 15.7. The summed E-state index contributed by atoms with van der Waals surface area (Å²) in [6, 6.07) is 12.5. The average molecular weight is 352 g/mol. The first-order chi connectivity index (χ1) is 12.7. The SMILES string of the molecule is CCC1CCCCN1c1cc(C(=O)NCCc2ccccc2)nc(C)n1. The van der Waals surface area contributed by atoms with Crippen molar-refractivity contribution in [2.24, 2.45) is 0 Å². The van der Waals surface area contributed by atoms with E-state index in [1.807, 2.05) is 31.2 Å². The highest BCUT2D eigenvalue weighted by molar-refractivity contribution is 5.93. The topological polar surface area (TPSA) is 58.1 Å². The lowest BCUT2D eigenvalue weighted by atomic mass is 10.00. The first kappa shape index (κ1) is 18.4. The monoisotopic (exact) mass is 352 g/mol. The van der Waals surface area contributed by atoms with E-state index in [1.54, 1.807) is 0 Å². The van der Waals surface area contributed by atoms with Crippen LogP contribution in [0.2, 0.25) is 0 Å². The van der Waals surface area contributed by atoms with Gasteiger partial charge in [-0.1, -0.05) is 37.3 Å². The van der Waals surface area contributed by atoms with E-state index < -0.39 is 0 Å². The van der Waals surface area contributed by atoms with Crippen LogP contribution in [-0.2, 0) is 6.42 Å². The molecular weight excluding hydrogens is 324 g/mol. The number of rotatable bonds is 6. The number of nitrogens with zero attached hydrogens (tertiary/aromatic N) is 3. The van der Waals surface area contributed by atoms with Crippen LogP contribution in [0.3, 0.4) is 0 Å². The molecule has 0 radical (unpaired) electrons. The van der Waals surface area contributed by atoms with Crippen LogP contribution in [0.5, 0.6) is 0 Å².